The standard InChI is InChI=1S/C42H70N4O68S11/c47-13-5(1-95-119(74,75)76)100-37(10(14(13)48)44-116(65,66)67)106-25-17(51)18(52)40(109-30(25)33(55)56)105-23-8(4-98-122(83,84)85)102-39(12(46-118(71,72)73)24(23)112-123(86,87)88)108-27-20(54)29(114-125(92,93)94)42(111-32(27)35(59)60)104-22-7(3-97-121(80,81)82)101-38(11(16(22)50)45-117(68,69)70)107-26-19(53)28(113-124(89,90)91)41(110-31(26)34(57)58)103-21-6(2-96-120(77,78)79)99-36(61)9(15(21)49)43-115(62,63)64/h5-32,36-54,61H,1-4H2,(H,55,56)(H,57,58)(H,59,60)(H,62,63,64)(H,65,66,67)(H,68,69,70)(H,71,72,73)(H,74,75,76)(H,77,78,79)(H,80,81,82)(H,83,84,85)(H,86,87,88)(H,89,90,91)(H,92,93,94)/t5-,6-,7-,8-,9-,10-,11-,12-,13-,14-,15-,16-,17-,18-,19+,20+,21-,22-,23-,24-,25+,26+,27+,28-,29-,30+,31-,32-,36+,37-,38-,39-,40-,41-,42-/m1/s1. The molecule has 0 unspecified atom stereocenters. The average molecular weight is 2070 g/mol. The van der Waals surface area contributed by atoms with Crippen molar-refractivity contribution in [3.05, 3.63) is 0 Å². The van der Waals surface area contributed by atoms with Gasteiger partial charge in [0.2, 0.25) is 0 Å². The van der Waals surface area contributed by atoms with Crippen LogP contribution in [0.15, 0.2) is 0 Å². The molecule has 732 valence electrons. The van der Waals surface area contributed by atoms with Crippen LogP contribution in [-0.2, 0) is 219 Å². The van der Waals surface area contributed by atoms with E-state index in [0.29, 0.717) is 0 Å². The first-order valence-electron chi connectivity index (χ1n) is 32.2. The largest absolute Gasteiger partial charge is 0.479 e. The van der Waals surface area contributed by atoms with Crippen LogP contribution >= 0.6 is 0 Å². The van der Waals surface area contributed by atoms with Crippen molar-refractivity contribution in [2.75, 3.05) is 26.4 Å². The highest BCUT2D eigenvalue weighted by atomic mass is 32.3. The average Bonchev–Trinajstić information content (AvgIpc) is 0.755. The predicted molar refractivity (Wildman–Crippen MR) is 356 cm³/mol. The van der Waals surface area contributed by atoms with Crippen molar-refractivity contribution in [3.8, 4) is 0 Å². The second-order valence-electron chi connectivity index (χ2n) is 25.8. The van der Waals surface area contributed by atoms with Gasteiger partial charge in [0.25, 0.3) is 0 Å². The molecular formula is C42H70N4O68S11. The quantitative estimate of drug-likeness (QED) is 0.0253. The van der Waals surface area contributed by atoms with E-state index in [9.17, 15) is 214 Å². The number of aliphatic carboxylic acids is 3. The molecule has 0 aromatic heterocycles. The third-order valence-electron chi connectivity index (χ3n) is 17.1. The molecule has 0 amide bonds. The Morgan fingerprint density at radius 2 is 0.504 bits per heavy atom. The molecule has 7 aliphatic rings. The Hall–Kier alpha value is -3.90. The van der Waals surface area contributed by atoms with E-state index >= 15 is 0 Å². The molecule has 0 radical (unpaired) electrons. The fourth-order valence-corrected chi connectivity index (χ4v) is 17.5. The van der Waals surface area contributed by atoms with Crippen molar-refractivity contribution < 1.29 is 309 Å². The van der Waals surface area contributed by atoms with Crippen molar-refractivity contribution >= 4 is 132 Å². The Labute approximate surface area is 697 Å². The van der Waals surface area contributed by atoms with Gasteiger partial charge >= 0.3 is 132 Å². The first kappa shape index (κ1) is 108. The van der Waals surface area contributed by atoms with Gasteiger partial charge in [-0.2, -0.15) is 111 Å². The van der Waals surface area contributed by atoms with E-state index in [2.05, 4.69) is 29.3 Å². The van der Waals surface area contributed by atoms with Crippen LogP contribution in [0.2, 0.25) is 0 Å². The van der Waals surface area contributed by atoms with E-state index in [4.69, 9.17) is 66.1 Å². The highest BCUT2D eigenvalue weighted by molar-refractivity contribution is 7.85. The van der Waals surface area contributed by atoms with Gasteiger partial charge in [0.1, 0.15) is 140 Å². The smallest absolute Gasteiger partial charge is 0.397 e. The van der Waals surface area contributed by atoms with Gasteiger partial charge < -0.3 is 123 Å². The topological polar surface area (TPSA) is 1120 Å². The number of rotatable bonds is 41. The summed E-state index contributed by atoms with van der Waals surface area (Å²) in [6.45, 7) is -7.55. The third-order valence-corrected chi connectivity index (χ3v) is 22.6. The van der Waals surface area contributed by atoms with E-state index in [1.165, 1.54) is 9.44 Å². The maximum Gasteiger partial charge on any atom is 0.397 e. The van der Waals surface area contributed by atoms with Gasteiger partial charge in [0.05, 0.1) is 26.4 Å². The molecule has 0 aromatic rings. The van der Waals surface area contributed by atoms with Crippen LogP contribution in [-0.4, -0.2) is 463 Å². The van der Waals surface area contributed by atoms with Gasteiger partial charge in [-0.3, -0.25) is 50.1 Å². The fourth-order valence-electron chi connectivity index (χ4n) is 12.4. The van der Waals surface area contributed by atoms with Gasteiger partial charge in [-0.25, -0.2) is 43.7 Å². The van der Waals surface area contributed by atoms with Crippen molar-refractivity contribution in [2.24, 2.45) is 0 Å². The van der Waals surface area contributed by atoms with Crippen LogP contribution < -0.4 is 18.9 Å². The minimum Gasteiger partial charge on any atom is -0.479 e. The van der Waals surface area contributed by atoms with Crippen LogP contribution in [0, 0.1) is 0 Å². The Morgan fingerprint density at radius 3 is 0.848 bits per heavy atom. The molecule has 35 atom stereocenters. The zero-order valence-electron chi connectivity index (χ0n) is 59.7. The first-order chi connectivity index (χ1) is 56.5. The summed E-state index contributed by atoms with van der Waals surface area (Å²) in [5, 5.41) is 134. The van der Waals surface area contributed by atoms with Gasteiger partial charge in [0, 0.05) is 0 Å². The van der Waals surface area contributed by atoms with Crippen LogP contribution in [0.3, 0.4) is 0 Å². The van der Waals surface area contributed by atoms with Crippen molar-refractivity contribution in [3.63, 3.8) is 0 Å². The van der Waals surface area contributed by atoms with Crippen LogP contribution in [0.5, 0.6) is 0 Å². The second kappa shape index (κ2) is 40.9. The van der Waals surface area contributed by atoms with Crippen molar-refractivity contribution in [2.45, 2.75) is 215 Å². The molecule has 7 aliphatic heterocycles. The molecule has 27 N–H and O–H groups in total. The van der Waals surface area contributed by atoms with Crippen molar-refractivity contribution in [1.29, 1.82) is 0 Å². The third kappa shape index (κ3) is 31.4. The summed E-state index contributed by atoms with van der Waals surface area (Å²) >= 11 is 0. The molecule has 0 spiro atoms. The van der Waals surface area contributed by atoms with Gasteiger partial charge in [-0.15, -0.1) is 0 Å². The summed E-state index contributed by atoms with van der Waals surface area (Å²) in [5.74, 6) is -7.83. The summed E-state index contributed by atoms with van der Waals surface area (Å²) < 4.78 is 479. The number of carboxylic acids is 3. The molecule has 7 heterocycles. The molecule has 7 fully saturated rings. The molecule has 7 rings (SSSR count). The molecule has 0 saturated carbocycles. The number of nitrogens with one attached hydrogen (secondary N) is 4. The number of aliphatic hydroxyl groups excluding tert-OH is 9. The zero-order chi connectivity index (χ0) is 95.2. The van der Waals surface area contributed by atoms with Crippen molar-refractivity contribution in [1.82, 2.24) is 18.9 Å². The lowest BCUT2D eigenvalue weighted by molar-refractivity contribution is -0.377. The van der Waals surface area contributed by atoms with Gasteiger partial charge in [-0.05, 0) is 0 Å². The van der Waals surface area contributed by atoms with E-state index in [1.807, 2.05) is 0 Å². The highest BCUT2D eigenvalue weighted by Gasteiger charge is 2.64. The number of hydrogen-bond acceptors (Lipinski definition) is 54. The van der Waals surface area contributed by atoms with E-state index in [0.717, 1.165) is 9.44 Å². The van der Waals surface area contributed by atoms with Gasteiger partial charge in [0.15, 0.2) is 74.6 Å². The maximum absolute atomic E-state index is 13.4. The van der Waals surface area contributed by atoms with E-state index in [1.54, 1.807) is 0 Å². The normalized spacial score (nSPS) is 39.2. The van der Waals surface area contributed by atoms with Crippen LogP contribution in [0.4, 0.5) is 0 Å². The number of carbonyl (C=O) groups is 3. The Morgan fingerprint density at radius 1 is 0.240 bits per heavy atom. The molecule has 125 heavy (non-hydrogen) atoms. The summed E-state index contributed by atoms with van der Waals surface area (Å²) in [6.07, 6.45) is -97.6. The number of hydrogen-bond donors (Lipinski definition) is 27. The molecule has 72 nitrogen and oxygen atoms in total. The highest BCUT2D eigenvalue weighted by Crippen LogP contribution is 2.41. The second-order valence-corrected chi connectivity index (χ2v) is 38.1. The first-order valence-corrected chi connectivity index (χ1v) is 47.6. The van der Waals surface area contributed by atoms with Crippen LogP contribution in [0.1, 0.15) is 0 Å². The summed E-state index contributed by atoms with van der Waals surface area (Å²) in [5.41, 5.74) is 0. The molecule has 7 saturated heterocycles. The maximum atomic E-state index is 13.4. The number of aliphatic hydroxyl groups is 9. The van der Waals surface area contributed by atoms with Crippen LogP contribution in [0.25, 0.3) is 0 Å². The minimum absolute atomic E-state index is 1.02. The summed E-state index contributed by atoms with van der Waals surface area (Å²) in [6, 6.07) is -12.0. The zero-order valence-corrected chi connectivity index (χ0v) is 68.7. The summed E-state index contributed by atoms with van der Waals surface area (Å²) in [7, 11) is -66.4. The van der Waals surface area contributed by atoms with Gasteiger partial charge in [-0.1, -0.05) is 0 Å². The number of carboxylic acid groups (broad SMARTS) is 3. The molecule has 0 bridgehead atoms. The minimum atomic E-state index is -6.54. The number of ether oxygens (including phenoxy) is 13. The van der Waals surface area contributed by atoms with E-state index < -0.39 is 373 Å². The lowest BCUT2D eigenvalue weighted by atomic mass is 9.94. The predicted octanol–water partition coefficient (Wildman–Crippen LogP) is -19.6. The monoisotopic (exact) mass is 2070 g/mol. The Kier molecular flexibility index (Phi) is 35.4. The Bertz CT molecular complexity index is 5130. The lowest BCUT2D eigenvalue weighted by Crippen LogP contribution is -2.71. The van der Waals surface area contributed by atoms with E-state index in [-0.39, 0.29) is 0 Å². The lowest BCUT2D eigenvalue weighted by Gasteiger charge is -2.51. The SMILES string of the molecule is O=C(O)[C@H]1O[C@@H](O[C@H]2[C@H](OS(=O)(=O)O)[C@@H](NS(=O)(=O)O)[C@@H](O[C@H]3[C@H](O)[C@@H](OS(=O)(=O)O)[C@H](O[C@H]4[C@H](O)[C@@H](NS(=O)(=O)O)[C@@H](O[C@H]5[C@H](O)[C@@H](OS(=O)(=O)O)[C@H](O[C@H]6[C@H](O)[C@@H](NS(=O)(=O)O)[C@@H](O)O[C@@H]6COS(=O)(=O)O)O[C@H]5C(=O)O)O[C@@H]4COS(=O)(=O)O)O[C@H]3C(=O)O)O[C@@H]2COS(=O)(=O)O)[C@H](O)[C@@H](O)[C@@H]1O[C@H]1O[C@H](COS(=O)(=O)O)[C@@H](O)[C@H](O)[C@H]1NS(=O)(=O)O. The fraction of sp³-hybridized carbons (Fsp3) is 0.929. The Balaban J connectivity index is 1.28. The molecule has 0 aliphatic carbocycles. The summed E-state index contributed by atoms with van der Waals surface area (Å²) in [4.78, 5) is 39.4. The molecule has 83 heteroatoms. The molecule has 0 aromatic carbocycles. The molecular weight excluding hydrogens is 2000 g/mol.